The van der Waals surface area contributed by atoms with Gasteiger partial charge >= 0.3 is 0 Å². The van der Waals surface area contributed by atoms with Crippen molar-refractivity contribution in [3.63, 3.8) is 0 Å². The molecular formula is C20H30N4O4. The number of likely N-dealkylation sites (N-methyl/N-ethyl adjacent to an activating group) is 1. The molecule has 0 saturated carbocycles. The molecule has 8 heteroatoms. The minimum absolute atomic E-state index is 0.0557. The van der Waals surface area contributed by atoms with E-state index < -0.39 is 0 Å². The maximum atomic E-state index is 12.5. The molecule has 3 rings (SSSR count). The fraction of sp³-hybridized carbons (Fsp3) is 0.600. The summed E-state index contributed by atoms with van der Waals surface area (Å²) < 4.78 is 10.6. The monoisotopic (exact) mass is 390 g/mol. The number of carbonyl (C=O) groups is 2. The molecule has 1 N–H and O–H groups in total. The molecule has 0 bridgehead atoms. The van der Waals surface area contributed by atoms with Gasteiger partial charge in [-0.25, -0.2) is 0 Å². The number of piperazine rings is 1. The third kappa shape index (κ3) is 4.94. The van der Waals surface area contributed by atoms with E-state index in [1.807, 2.05) is 0 Å². The summed E-state index contributed by atoms with van der Waals surface area (Å²) in [6, 6.07) is 5.33. The summed E-state index contributed by atoms with van der Waals surface area (Å²) >= 11 is 0. The molecule has 2 heterocycles. The summed E-state index contributed by atoms with van der Waals surface area (Å²) in [6.07, 6.45) is 0.222. The summed E-state index contributed by atoms with van der Waals surface area (Å²) in [6.45, 7) is 6.00. The highest BCUT2D eigenvalue weighted by Crippen LogP contribution is 2.32. The predicted octanol–water partition coefficient (Wildman–Crippen LogP) is 0.420. The normalized spacial score (nSPS) is 21.0. The van der Waals surface area contributed by atoms with E-state index in [1.54, 1.807) is 37.3 Å². The van der Waals surface area contributed by atoms with E-state index in [-0.39, 0.29) is 24.2 Å². The first-order valence-corrected chi connectivity index (χ1v) is 9.72. The molecule has 0 aromatic heterocycles. The Balaban J connectivity index is 1.53. The fourth-order valence-corrected chi connectivity index (χ4v) is 3.63. The smallest absolute Gasteiger partial charge is 0.227 e. The van der Waals surface area contributed by atoms with Crippen molar-refractivity contribution >= 4 is 17.5 Å². The highest BCUT2D eigenvalue weighted by molar-refractivity contribution is 6.00. The Hall–Kier alpha value is -2.32. The van der Waals surface area contributed by atoms with Crippen LogP contribution < -0.4 is 19.7 Å². The lowest BCUT2D eigenvalue weighted by Gasteiger charge is -2.32. The molecule has 2 fully saturated rings. The standard InChI is InChI=1S/C20H30N4O4/c1-22-6-8-23(9-7-22)5-4-21-20(26)15-10-19(25)24(14-15)16-11-17(27-2)13-18(12-16)28-3/h11-13,15H,4-10,14H2,1-3H3,(H,21,26). The number of nitrogens with one attached hydrogen (secondary N) is 1. The van der Waals surface area contributed by atoms with Crippen molar-refractivity contribution in [1.29, 1.82) is 0 Å². The van der Waals surface area contributed by atoms with Crippen molar-refractivity contribution in [3.05, 3.63) is 18.2 Å². The molecule has 1 aromatic rings. The number of rotatable bonds is 7. The van der Waals surface area contributed by atoms with Crippen LogP contribution in [0.5, 0.6) is 11.5 Å². The molecule has 2 saturated heterocycles. The van der Waals surface area contributed by atoms with Crippen LogP contribution in [0.1, 0.15) is 6.42 Å². The van der Waals surface area contributed by atoms with Gasteiger partial charge in [0.15, 0.2) is 0 Å². The minimum atomic E-state index is -0.336. The summed E-state index contributed by atoms with van der Waals surface area (Å²) in [7, 11) is 5.27. The molecule has 1 unspecified atom stereocenters. The van der Waals surface area contributed by atoms with E-state index in [0.717, 1.165) is 32.7 Å². The Bertz CT molecular complexity index is 681. The number of ether oxygens (including phenoxy) is 2. The zero-order valence-electron chi connectivity index (χ0n) is 16.9. The van der Waals surface area contributed by atoms with Gasteiger partial charge in [0.2, 0.25) is 11.8 Å². The van der Waals surface area contributed by atoms with E-state index in [9.17, 15) is 9.59 Å². The SMILES string of the molecule is COc1cc(OC)cc(N2CC(C(=O)NCCN3CCN(C)CC3)CC2=O)c1. The zero-order valence-corrected chi connectivity index (χ0v) is 16.9. The molecule has 0 radical (unpaired) electrons. The average molecular weight is 390 g/mol. The van der Waals surface area contributed by atoms with Crippen LogP contribution in [0.15, 0.2) is 18.2 Å². The van der Waals surface area contributed by atoms with E-state index in [1.165, 1.54) is 0 Å². The summed E-state index contributed by atoms with van der Waals surface area (Å²) in [4.78, 5) is 31.3. The van der Waals surface area contributed by atoms with Gasteiger partial charge in [-0.1, -0.05) is 0 Å². The first kappa shape index (κ1) is 20.4. The lowest BCUT2D eigenvalue weighted by atomic mass is 10.1. The van der Waals surface area contributed by atoms with Gasteiger partial charge in [0.25, 0.3) is 0 Å². The second-order valence-corrected chi connectivity index (χ2v) is 7.41. The molecule has 1 atom stereocenters. The molecule has 0 aliphatic carbocycles. The van der Waals surface area contributed by atoms with Crippen molar-refractivity contribution in [3.8, 4) is 11.5 Å². The van der Waals surface area contributed by atoms with Gasteiger partial charge in [-0.3, -0.25) is 14.5 Å². The molecule has 2 amide bonds. The summed E-state index contributed by atoms with van der Waals surface area (Å²) in [5.41, 5.74) is 0.689. The highest BCUT2D eigenvalue weighted by Gasteiger charge is 2.35. The average Bonchev–Trinajstić information content (AvgIpc) is 3.10. The molecule has 28 heavy (non-hydrogen) atoms. The van der Waals surface area contributed by atoms with Crippen molar-refractivity contribution in [2.45, 2.75) is 6.42 Å². The van der Waals surface area contributed by atoms with Crippen molar-refractivity contribution in [1.82, 2.24) is 15.1 Å². The van der Waals surface area contributed by atoms with Gasteiger partial charge in [-0.05, 0) is 7.05 Å². The number of anilines is 1. The Morgan fingerprint density at radius 3 is 2.36 bits per heavy atom. The molecule has 154 valence electrons. The van der Waals surface area contributed by atoms with Crippen LogP contribution in [-0.2, 0) is 9.59 Å². The fourth-order valence-electron chi connectivity index (χ4n) is 3.63. The third-order valence-corrected chi connectivity index (χ3v) is 5.47. The summed E-state index contributed by atoms with van der Waals surface area (Å²) in [5.74, 6) is 0.774. The molecule has 2 aliphatic rings. The van der Waals surface area contributed by atoms with Crippen LogP contribution >= 0.6 is 0 Å². The van der Waals surface area contributed by atoms with Crippen molar-refractivity contribution in [2.24, 2.45) is 5.92 Å². The van der Waals surface area contributed by atoms with Crippen LogP contribution in [0.4, 0.5) is 5.69 Å². The molecule has 1 aromatic carbocycles. The molecule has 8 nitrogen and oxygen atoms in total. The number of hydrogen-bond donors (Lipinski definition) is 1. The van der Waals surface area contributed by atoms with E-state index in [2.05, 4.69) is 22.2 Å². The quantitative estimate of drug-likeness (QED) is 0.728. The summed E-state index contributed by atoms with van der Waals surface area (Å²) in [5, 5.41) is 3.00. The van der Waals surface area contributed by atoms with Gasteiger partial charge in [0, 0.05) is 70.4 Å². The van der Waals surface area contributed by atoms with Gasteiger partial charge in [-0.2, -0.15) is 0 Å². The van der Waals surface area contributed by atoms with E-state index in [0.29, 0.717) is 30.3 Å². The number of amides is 2. The van der Waals surface area contributed by atoms with Crippen LogP contribution in [-0.4, -0.2) is 88.7 Å². The van der Waals surface area contributed by atoms with Gasteiger partial charge < -0.3 is 24.6 Å². The first-order valence-electron chi connectivity index (χ1n) is 9.72. The highest BCUT2D eigenvalue weighted by atomic mass is 16.5. The maximum Gasteiger partial charge on any atom is 0.227 e. The largest absolute Gasteiger partial charge is 0.497 e. The second-order valence-electron chi connectivity index (χ2n) is 7.41. The minimum Gasteiger partial charge on any atom is -0.497 e. The topological polar surface area (TPSA) is 74.4 Å². The Kier molecular flexibility index (Phi) is 6.74. The second kappa shape index (κ2) is 9.25. The lowest BCUT2D eigenvalue weighted by molar-refractivity contribution is -0.126. The van der Waals surface area contributed by atoms with E-state index >= 15 is 0 Å². The van der Waals surface area contributed by atoms with Gasteiger partial charge in [-0.15, -0.1) is 0 Å². The number of benzene rings is 1. The molecular weight excluding hydrogens is 360 g/mol. The molecule has 2 aliphatic heterocycles. The number of carbonyl (C=O) groups excluding carboxylic acids is 2. The van der Waals surface area contributed by atoms with Crippen LogP contribution in [0.25, 0.3) is 0 Å². The molecule has 0 spiro atoms. The third-order valence-electron chi connectivity index (χ3n) is 5.47. The number of hydrogen-bond acceptors (Lipinski definition) is 6. The van der Waals surface area contributed by atoms with Gasteiger partial charge in [0.05, 0.1) is 25.8 Å². The van der Waals surface area contributed by atoms with Crippen LogP contribution in [0, 0.1) is 5.92 Å². The van der Waals surface area contributed by atoms with Gasteiger partial charge in [0.1, 0.15) is 11.5 Å². The van der Waals surface area contributed by atoms with Crippen molar-refractivity contribution < 1.29 is 19.1 Å². The number of methoxy groups -OCH3 is 2. The predicted molar refractivity (Wildman–Crippen MR) is 107 cm³/mol. The number of nitrogens with zero attached hydrogens (tertiary/aromatic N) is 3. The lowest BCUT2D eigenvalue weighted by Crippen LogP contribution is -2.47. The van der Waals surface area contributed by atoms with Crippen LogP contribution in [0.2, 0.25) is 0 Å². The first-order chi connectivity index (χ1) is 13.5. The van der Waals surface area contributed by atoms with Crippen LogP contribution in [0.3, 0.4) is 0 Å². The maximum absolute atomic E-state index is 12.5. The Morgan fingerprint density at radius 1 is 1.11 bits per heavy atom. The Labute approximate surface area is 166 Å². The van der Waals surface area contributed by atoms with Crippen molar-refractivity contribution in [2.75, 3.05) is 72.0 Å². The Morgan fingerprint density at radius 2 is 1.75 bits per heavy atom. The zero-order chi connectivity index (χ0) is 20.1. The van der Waals surface area contributed by atoms with E-state index in [4.69, 9.17) is 9.47 Å².